The number of halogens is 1. The SMILES string of the molecule is Cc1[nH]nc(NS(=O)(=O)c2cccc(Br)c2)c1C. The molecule has 0 saturated carbocycles. The van der Waals surface area contributed by atoms with E-state index in [0.29, 0.717) is 10.3 Å². The quantitative estimate of drug-likeness (QED) is 0.908. The molecular formula is C11H12BrN3O2S. The summed E-state index contributed by atoms with van der Waals surface area (Å²) in [6.07, 6.45) is 0. The lowest BCUT2D eigenvalue weighted by Gasteiger charge is -2.06. The summed E-state index contributed by atoms with van der Waals surface area (Å²) in [5.41, 5.74) is 1.62. The maximum absolute atomic E-state index is 12.1. The number of hydrogen-bond acceptors (Lipinski definition) is 3. The number of rotatable bonds is 3. The molecule has 2 rings (SSSR count). The Balaban J connectivity index is 2.36. The van der Waals surface area contributed by atoms with Crippen molar-refractivity contribution in [2.45, 2.75) is 18.7 Å². The van der Waals surface area contributed by atoms with Gasteiger partial charge in [0.25, 0.3) is 10.0 Å². The molecule has 0 aliphatic heterocycles. The van der Waals surface area contributed by atoms with Crippen molar-refractivity contribution in [1.82, 2.24) is 10.2 Å². The second kappa shape index (κ2) is 4.74. The lowest BCUT2D eigenvalue weighted by molar-refractivity contribution is 0.601. The Morgan fingerprint density at radius 2 is 2.06 bits per heavy atom. The summed E-state index contributed by atoms with van der Waals surface area (Å²) in [5.74, 6) is 0.326. The van der Waals surface area contributed by atoms with E-state index in [0.717, 1.165) is 11.3 Å². The minimum atomic E-state index is -3.61. The Morgan fingerprint density at radius 3 is 2.61 bits per heavy atom. The Bertz CT molecular complexity index is 679. The zero-order valence-corrected chi connectivity index (χ0v) is 12.3. The van der Waals surface area contributed by atoms with Crippen LogP contribution in [0, 0.1) is 13.8 Å². The molecule has 0 saturated heterocycles. The van der Waals surface area contributed by atoms with E-state index in [2.05, 4.69) is 30.8 Å². The predicted molar refractivity (Wildman–Crippen MR) is 73.0 cm³/mol. The van der Waals surface area contributed by atoms with E-state index in [1.165, 1.54) is 12.1 Å². The molecule has 1 aromatic heterocycles. The normalized spacial score (nSPS) is 11.5. The Labute approximate surface area is 114 Å². The van der Waals surface area contributed by atoms with Crippen molar-refractivity contribution < 1.29 is 8.42 Å². The standard InChI is InChI=1S/C11H12BrN3O2S/c1-7-8(2)13-14-11(7)15-18(16,17)10-5-3-4-9(12)6-10/h3-6H,1-2H3,(H2,13,14,15). The zero-order chi connectivity index (χ0) is 13.3. The van der Waals surface area contributed by atoms with Gasteiger partial charge in [0, 0.05) is 15.7 Å². The van der Waals surface area contributed by atoms with Crippen LogP contribution < -0.4 is 4.72 Å². The average Bonchev–Trinajstić information content (AvgIpc) is 2.61. The van der Waals surface area contributed by atoms with Crippen molar-refractivity contribution in [3.63, 3.8) is 0 Å². The van der Waals surface area contributed by atoms with Gasteiger partial charge in [0.2, 0.25) is 0 Å². The number of aryl methyl sites for hydroxylation is 1. The summed E-state index contributed by atoms with van der Waals surface area (Å²) >= 11 is 3.24. The fourth-order valence-electron chi connectivity index (χ4n) is 1.40. The van der Waals surface area contributed by atoms with Gasteiger partial charge in [0.15, 0.2) is 5.82 Å². The molecule has 1 heterocycles. The van der Waals surface area contributed by atoms with Gasteiger partial charge in [-0.25, -0.2) is 8.42 Å². The van der Waals surface area contributed by atoms with E-state index in [1.54, 1.807) is 19.1 Å². The van der Waals surface area contributed by atoms with Crippen molar-refractivity contribution in [2.75, 3.05) is 4.72 Å². The van der Waals surface area contributed by atoms with Crippen LogP contribution in [-0.2, 0) is 10.0 Å². The van der Waals surface area contributed by atoms with Crippen molar-refractivity contribution in [3.05, 3.63) is 40.0 Å². The summed E-state index contributed by atoms with van der Waals surface area (Å²) < 4.78 is 27.4. The van der Waals surface area contributed by atoms with Crippen LogP contribution in [0.3, 0.4) is 0 Å². The van der Waals surface area contributed by atoms with E-state index in [-0.39, 0.29) is 4.90 Å². The molecule has 2 N–H and O–H groups in total. The summed E-state index contributed by atoms with van der Waals surface area (Å²) in [6, 6.07) is 6.50. The summed E-state index contributed by atoms with van der Waals surface area (Å²) in [7, 11) is -3.61. The second-order valence-corrected chi connectivity index (χ2v) is 6.48. The molecule has 0 radical (unpaired) electrons. The predicted octanol–water partition coefficient (Wildman–Crippen LogP) is 2.59. The first kappa shape index (κ1) is 13.1. The molecule has 0 amide bonds. The van der Waals surface area contributed by atoms with Crippen LogP contribution in [0.25, 0.3) is 0 Å². The molecule has 5 nitrogen and oxygen atoms in total. The number of aromatic nitrogens is 2. The van der Waals surface area contributed by atoms with Gasteiger partial charge in [-0.15, -0.1) is 0 Å². The molecule has 0 fully saturated rings. The van der Waals surface area contributed by atoms with Crippen LogP contribution >= 0.6 is 15.9 Å². The molecule has 0 aliphatic rings. The van der Waals surface area contributed by atoms with Gasteiger partial charge in [-0.1, -0.05) is 22.0 Å². The van der Waals surface area contributed by atoms with Crippen molar-refractivity contribution in [2.24, 2.45) is 0 Å². The third-order valence-corrected chi connectivity index (χ3v) is 4.42. The van der Waals surface area contributed by atoms with Crippen molar-refractivity contribution >= 4 is 31.8 Å². The highest BCUT2D eigenvalue weighted by Crippen LogP contribution is 2.21. The first-order valence-electron chi connectivity index (χ1n) is 5.20. The lowest BCUT2D eigenvalue weighted by Crippen LogP contribution is -2.13. The smallest absolute Gasteiger partial charge is 0.263 e. The summed E-state index contributed by atoms with van der Waals surface area (Å²) in [5, 5.41) is 6.66. The maximum atomic E-state index is 12.1. The average molecular weight is 330 g/mol. The van der Waals surface area contributed by atoms with Gasteiger partial charge in [0.1, 0.15) is 0 Å². The van der Waals surface area contributed by atoms with Crippen LogP contribution in [0.2, 0.25) is 0 Å². The van der Waals surface area contributed by atoms with Gasteiger partial charge < -0.3 is 0 Å². The molecule has 0 unspecified atom stereocenters. The van der Waals surface area contributed by atoms with E-state index < -0.39 is 10.0 Å². The highest BCUT2D eigenvalue weighted by Gasteiger charge is 2.17. The number of nitrogens with one attached hydrogen (secondary N) is 2. The highest BCUT2D eigenvalue weighted by atomic mass is 79.9. The third-order valence-electron chi connectivity index (χ3n) is 2.59. The summed E-state index contributed by atoms with van der Waals surface area (Å²) in [4.78, 5) is 0.192. The van der Waals surface area contributed by atoms with Gasteiger partial charge in [-0.3, -0.25) is 9.82 Å². The summed E-state index contributed by atoms with van der Waals surface area (Å²) in [6.45, 7) is 3.64. The number of anilines is 1. The number of sulfonamides is 1. The first-order chi connectivity index (χ1) is 8.40. The molecule has 1 aromatic carbocycles. The van der Waals surface area contributed by atoms with Crippen LogP contribution in [0.1, 0.15) is 11.3 Å². The number of hydrogen-bond donors (Lipinski definition) is 2. The topological polar surface area (TPSA) is 74.8 Å². The molecule has 0 spiro atoms. The first-order valence-corrected chi connectivity index (χ1v) is 7.48. The maximum Gasteiger partial charge on any atom is 0.263 e. The number of nitrogens with zero attached hydrogens (tertiary/aromatic N) is 1. The molecule has 2 aromatic rings. The van der Waals surface area contributed by atoms with Gasteiger partial charge in [-0.2, -0.15) is 5.10 Å². The Hall–Kier alpha value is -1.34. The van der Waals surface area contributed by atoms with E-state index in [1.807, 2.05) is 6.92 Å². The zero-order valence-electron chi connectivity index (χ0n) is 9.86. The highest BCUT2D eigenvalue weighted by molar-refractivity contribution is 9.10. The monoisotopic (exact) mass is 329 g/mol. The van der Waals surface area contributed by atoms with Gasteiger partial charge in [0.05, 0.1) is 4.90 Å². The number of benzene rings is 1. The van der Waals surface area contributed by atoms with E-state index in [4.69, 9.17) is 0 Å². The van der Waals surface area contributed by atoms with Gasteiger partial charge >= 0.3 is 0 Å². The third kappa shape index (κ3) is 2.56. The molecule has 0 bridgehead atoms. The molecule has 0 atom stereocenters. The Kier molecular flexibility index (Phi) is 3.45. The number of aromatic amines is 1. The molecule has 0 aliphatic carbocycles. The van der Waals surface area contributed by atoms with Crippen LogP contribution in [0.5, 0.6) is 0 Å². The minimum Gasteiger partial charge on any atom is -0.280 e. The molecule has 96 valence electrons. The molecule has 7 heteroatoms. The molecular weight excluding hydrogens is 318 g/mol. The lowest BCUT2D eigenvalue weighted by atomic mass is 10.3. The Morgan fingerprint density at radius 1 is 1.33 bits per heavy atom. The molecule has 18 heavy (non-hydrogen) atoms. The van der Waals surface area contributed by atoms with E-state index in [9.17, 15) is 8.42 Å². The van der Waals surface area contributed by atoms with E-state index >= 15 is 0 Å². The fourth-order valence-corrected chi connectivity index (χ4v) is 3.07. The number of H-pyrrole nitrogens is 1. The minimum absolute atomic E-state index is 0.192. The van der Waals surface area contributed by atoms with Crippen LogP contribution in [0.15, 0.2) is 33.6 Å². The van der Waals surface area contributed by atoms with Gasteiger partial charge in [-0.05, 0) is 32.0 Å². The fraction of sp³-hybridized carbons (Fsp3) is 0.182. The van der Waals surface area contributed by atoms with Crippen molar-refractivity contribution in [3.8, 4) is 0 Å². The largest absolute Gasteiger partial charge is 0.280 e. The van der Waals surface area contributed by atoms with Crippen molar-refractivity contribution in [1.29, 1.82) is 0 Å². The van der Waals surface area contributed by atoms with Crippen LogP contribution in [-0.4, -0.2) is 18.6 Å². The van der Waals surface area contributed by atoms with Crippen LogP contribution in [0.4, 0.5) is 5.82 Å². The second-order valence-electron chi connectivity index (χ2n) is 3.89.